The van der Waals surface area contributed by atoms with E-state index in [-0.39, 0.29) is 64.5 Å². The Labute approximate surface area is 253 Å². The number of carbonyl (C=O) groups excluding carboxylic acids is 1. The predicted molar refractivity (Wildman–Crippen MR) is 154 cm³/mol. The third kappa shape index (κ3) is 4.48. The summed E-state index contributed by atoms with van der Waals surface area (Å²) in [5.74, 6) is 0.882. The Hall–Kier alpha value is -1.56. The van der Waals surface area contributed by atoms with Crippen molar-refractivity contribution < 1.29 is 41.8 Å². The van der Waals surface area contributed by atoms with Crippen LogP contribution in [0.1, 0.15) is 95.6 Å². The fourth-order valence-corrected chi connectivity index (χ4v) is 11.5. The number of hydrogen-bond acceptors (Lipinski definition) is 8. The van der Waals surface area contributed by atoms with Gasteiger partial charge in [-0.1, -0.05) is 27.7 Å². The van der Waals surface area contributed by atoms with E-state index in [0.29, 0.717) is 16.9 Å². The summed E-state index contributed by atoms with van der Waals surface area (Å²) in [5, 5.41) is 11.0. The zero-order chi connectivity index (χ0) is 30.2. The maximum absolute atomic E-state index is 14.1. The average Bonchev–Trinajstić information content (AvgIpc) is 3.38. The van der Waals surface area contributed by atoms with Crippen molar-refractivity contribution in [1.82, 2.24) is 0 Å². The van der Waals surface area contributed by atoms with E-state index in [4.69, 9.17) is 18.9 Å². The topological polar surface area (TPSA) is 132 Å². The van der Waals surface area contributed by atoms with Gasteiger partial charge in [0.1, 0.15) is 11.9 Å². The molecule has 2 heterocycles. The molecule has 43 heavy (non-hydrogen) atoms. The summed E-state index contributed by atoms with van der Waals surface area (Å²) in [5.41, 5.74) is 1.30. The van der Waals surface area contributed by atoms with Crippen LogP contribution in [0.3, 0.4) is 0 Å². The average molecular weight is 617 g/mol. The van der Waals surface area contributed by atoms with Crippen LogP contribution in [0, 0.1) is 46.8 Å². The summed E-state index contributed by atoms with van der Waals surface area (Å²) >= 11 is 0. The number of ether oxygens (including phenoxy) is 4. The molecule has 9 atom stereocenters. The zero-order valence-electron chi connectivity index (χ0n) is 25.3. The summed E-state index contributed by atoms with van der Waals surface area (Å²) in [6, 6.07) is 2.78. The van der Waals surface area contributed by atoms with E-state index in [1.807, 2.05) is 27.7 Å². The number of hydrogen-bond donors (Lipinski definition) is 2. The first kappa shape index (κ1) is 28.9. The van der Waals surface area contributed by atoms with Gasteiger partial charge >= 0.3 is 5.97 Å². The Morgan fingerprint density at radius 1 is 0.930 bits per heavy atom. The molecular weight excluding hydrogens is 572 g/mol. The van der Waals surface area contributed by atoms with Gasteiger partial charge in [-0.3, -0.25) is 9.35 Å². The van der Waals surface area contributed by atoms with Crippen LogP contribution in [-0.4, -0.2) is 54.9 Å². The summed E-state index contributed by atoms with van der Waals surface area (Å²) in [7, 11) is -4.45. The van der Waals surface area contributed by atoms with E-state index < -0.39 is 28.3 Å². The van der Waals surface area contributed by atoms with Gasteiger partial charge in [-0.25, -0.2) is 0 Å². The van der Waals surface area contributed by atoms with Crippen molar-refractivity contribution in [2.75, 3.05) is 0 Å². The molecular formula is C33H44O9S. The van der Waals surface area contributed by atoms with Crippen LogP contribution in [0.2, 0.25) is 0 Å². The highest BCUT2D eigenvalue weighted by Crippen LogP contribution is 2.66. The van der Waals surface area contributed by atoms with E-state index >= 15 is 0 Å². The number of fused-ring (bicyclic) bond motifs is 1. The number of esters is 1. The van der Waals surface area contributed by atoms with Crippen molar-refractivity contribution >= 4 is 16.1 Å². The van der Waals surface area contributed by atoms with Crippen molar-refractivity contribution in [2.24, 2.45) is 46.8 Å². The second-order valence-corrected chi connectivity index (χ2v) is 17.0. The third-order valence-electron chi connectivity index (χ3n) is 12.3. The Morgan fingerprint density at radius 3 is 2.05 bits per heavy atom. The van der Waals surface area contributed by atoms with Crippen LogP contribution in [0.25, 0.3) is 0 Å². The molecule has 6 saturated carbocycles. The Kier molecular flexibility index (Phi) is 6.53. The molecule has 0 aromatic heterocycles. The minimum Gasteiger partial charge on any atom is -0.426 e. The van der Waals surface area contributed by atoms with E-state index in [0.717, 1.165) is 24.2 Å². The molecule has 9 nitrogen and oxygen atoms in total. The Bertz CT molecular complexity index is 1370. The van der Waals surface area contributed by atoms with Crippen molar-refractivity contribution in [1.29, 1.82) is 0 Å². The highest BCUT2D eigenvalue weighted by molar-refractivity contribution is 7.85. The van der Waals surface area contributed by atoms with Crippen molar-refractivity contribution in [3.8, 4) is 5.75 Å². The van der Waals surface area contributed by atoms with Gasteiger partial charge in [0, 0.05) is 17.3 Å². The first-order valence-corrected chi connectivity index (χ1v) is 17.8. The number of epoxide rings is 1. The molecule has 6 bridgehead atoms. The highest BCUT2D eigenvalue weighted by atomic mass is 32.2. The summed E-state index contributed by atoms with van der Waals surface area (Å²) in [6.45, 7) is 7.56. The quantitative estimate of drug-likeness (QED) is 0.179. The molecule has 0 amide bonds. The molecule has 8 aliphatic rings. The van der Waals surface area contributed by atoms with Gasteiger partial charge in [-0.15, -0.1) is 0 Å². The molecule has 9 unspecified atom stereocenters. The fraction of sp³-hybridized carbons (Fsp3) is 0.788. The lowest BCUT2D eigenvalue weighted by atomic mass is 9.48. The van der Waals surface area contributed by atoms with Crippen LogP contribution in [0.5, 0.6) is 5.75 Å². The molecule has 236 valence electrons. The summed E-state index contributed by atoms with van der Waals surface area (Å²) in [4.78, 5) is 13.9. The molecule has 1 aromatic rings. The number of carbonyl (C=O) groups is 1. The maximum Gasteiger partial charge on any atom is 0.315 e. The molecule has 0 spiro atoms. The SMILES string of the molecule is CC(C)c1cc(S(=O)(=O)O)cc(C(C)C)c1OC(=O)C1C2CC3C(OC(O)C31)C2OC1OC1C12CC3CC(CC(C3)C1)C2. The largest absolute Gasteiger partial charge is 0.426 e. The molecule has 1 aromatic carbocycles. The molecule has 9 rings (SSSR count). The van der Waals surface area contributed by atoms with Gasteiger partial charge in [-0.2, -0.15) is 8.42 Å². The number of aliphatic hydroxyl groups excluding tert-OH is 1. The lowest BCUT2D eigenvalue weighted by Crippen LogP contribution is -2.49. The maximum atomic E-state index is 14.1. The lowest BCUT2D eigenvalue weighted by molar-refractivity contribution is -0.148. The molecule has 8 fully saturated rings. The summed E-state index contributed by atoms with van der Waals surface area (Å²) < 4.78 is 59.1. The number of benzene rings is 1. The first-order valence-electron chi connectivity index (χ1n) is 16.3. The normalized spacial score (nSPS) is 45.5. The fourth-order valence-electron chi connectivity index (χ4n) is 10.9. The van der Waals surface area contributed by atoms with Crippen molar-refractivity contribution in [3.05, 3.63) is 23.3 Å². The van der Waals surface area contributed by atoms with E-state index in [1.165, 1.54) is 50.7 Å². The number of rotatable bonds is 8. The van der Waals surface area contributed by atoms with Crippen LogP contribution in [-0.2, 0) is 29.1 Å². The van der Waals surface area contributed by atoms with Gasteiger partial charge in [-0.05, 0) is 104 Å². The highest BCUT2D eigenvalue weighted by Gasteiger charge is 2.70. The van der Waals surface area contributed by atoms with Crippen LogP contribution in [0.15, 0.2) is 17.0 Å². The lowest BCUT2D eigenvalue weighted by Gasteiger charge is -2.56. The number of aliphatic hydroxyl groups is 1. The minimum absolute atomic E-state index is 0.00958. The molecule has 0 radical (unpaired) electrons. The monoisotopic (exact) mass is 616 g/mol. The van der Waals surface area contributed by atoms with E-state index in [2.05, 4.69) is 0 Å². The second kappa shape index (κ2) is 9.72. The van der Waals surface area contributed by atoms with Crippen LogP contribution >= 0.6 is 0 Å². The third-order valence-corrected chi connectivity index (χ3v) is 13.1. The van der Waals surface area contributed by atoms with Gasteiger partial charge in [0.05, 0.1) is 23.0 Å². The van der Waals surface area contributed by atoms with E-state index in [1.54, 1.807) is 0 Å². The van der Waals surface area contributed by atoms with Crippen LogP contribution < -0.4 is 4.74 Å². The molecule has 2 saturated heterocycles. The summed E-state index contributed by atoms with van der Waals surface area (Å²) in [6.07, 6.45) is 6.70. The molecule has 10 heteroatoms. The minimum atomic E-state index is -4.45. The first-order chi connectivity index (χ1) is 20.3. The van der Waals surface area contributed by atoms with Gasteiger partial charge in [0.2, 0.25) is 0 Å². The van der Waals surface area contributed by atoms with Crippen LogP contribution in [0.4, 0.5) is 0 Å². The van der Waals surface area contributed by atoms with Crippen molar-refractivity contribution in [2.45, 2.75) is 120 Å². The predicted octanol–water partition coefficient (Wildman–Crippen LogP) is 5.01. The van der Waals surface area contributed by atoms with Gasteiger partial charge < -0.3 is 24.1 Å². The van der Waals surface area contributed by atoms with Gasteiger partial charge in [0.25, 0.3) is 10.1 Å². The molecule has 2 N–H and O–H groups in total. The molecule has 2 aliphatic heterocycles. The zero-order valence-corrected chi connectivity index (χ0v) is 26.2. The Balaban J connectivity index is 1.04. The smallest absolute Gasteiger partial charge is 0.315 e. The van der Waals surface area contributed by atoms with E-state index in [9.17, 15) is 22.9 Å². The molecule has 6 aliphatic carbocycles. The second-order valence-electron chi connectivity index (χ2n) is 15.6. The standard InChI is InChI=1S/C33H44O9S/c1-14(2)20-8-19(43(36,37)38)9-21(15(3)4)26(20)39-30(34)25-23-10-22-24(25)31(35)40-27(22)28(23)41-32-29(42-32)33-11-16-5-17(12-33)7-18(6-16)13-33/h8-9,14-18,22-25,27-29,31-32,35H,5-7,10-13H2,1-4H3,(H,36,37,38). The van der Waals surface area contributed by atoms with Crippen molar-refractivity contribution in [3.63, 3.8) is 0 Å². The van der Waals surface area contributed by atoms with Gasteiger partial charge in [0.15, 0.2) is 12.6 Å². The Morgan fingerprint density at radius 2 is 1.51 bits per heavy atom.